The summed E-state index contributed by atoms with van der Waals surface area (Å²) in [5, 5.41) is 3.39. The average molecular weight is 254 g/mol. The Morgan fingerprint density at radius 2 is 2.21 bits per heavy atom. The lowest BCUT2D eigenvalue weighted by Gasteiger charge is -2.19. The van der Waals surface area contributed by atoms with Crippen LogP contribution in [0.4, 0.5) is 0 Å². The fourth-order valence-electron chi connectivity index (χ4n) is 2.48. The zero-order valence-electron chi connectivity index (χ0n) is 11.4. The number of fused-ring (bicyclic) bond motifs is 1. The van der Waals surface area contributed by atoms with Gasteiger partial charge in [0.15, 0.2) is 5.82 Å². The van der Waals surface area contributed by atoms with Gasteiger partial charge in [-0.05, 0) is 31.0 Å². The number of hydrogen-bond acceptors (Lipinski definition) is 4. The van der Waals surface area contributed by atoms with Gasteiger partial charge in [-0.3, -0.25) is 4.98 Å². The van der Waals surface area contributed by atoms with E-state index < -0.39 is 0 Å². The Balaban J connectivity index is 2.12. The van der Waals surface area contributed by atoms with Crippen molar-refractivity contribution in [3.05, 3.63) is 40.8 Å². The Bertz CT molecular complexity index is 590. The van der Waals surface area contributed by atoms with Gasteiger partial charge in [-0.1, -0.05) is 6.92 Å². The second kappa shape index (κ2) is 5.05. The van der Waals surface area contributed by atoms with Crippen LogP contribution >= 0.6 is 0 Å². The Hall–Kier alpha value is -1.81. The molecule has 98 valence electrons. The monoisotopic (exact) mass is 254 g/mol. The number of hydrogen-bond donors (Lipinski definition) is 1. The van der Waals surface area contributed by atoms with E-state index in [9.17, 15) is 0 Å². The first-order chi connectivity index (χ1) is 9.28. The van der Waals surface area contributed by atoms with E-state index in [0.717, 1.165) is 43.1 Å². The molecule has 0 fully saturated rings. The zero-order chi connectivity index (χ0) is 13.2. The van der Waals surface area contributed by atoms with E-state index in [1.54, 1.807) is 0 Å². The molecule has 4 heteroatoms. The topological polar surface area (TPSA) is 50.7 Å². The molecule has 4 nitrogen and oxygen atoms in total. The van der Waals surface area contributed by atoms with Gasteiger partial charge in [-0.2, -0.15) is 0 Å². The van der Waals surface area contributed by atoms with E-state index in [1.165, 1.54) is 16.8 Å². The predicted molar refractivity (Wildman–Crippen MR) is 74.8 cm³/mol. The van der Waals surface area contributed by atoms with E-state index in [4.69, 9.17) is 9.97 Å². The van der Waals surface area contributed by atoms with E-state index in [-0.39, 0.29) is 0 Å². The highest BCUT2D eigenvalue weighted by Gasteiger charge is 2.17. The minimum absolute atomic E-state index is 0.765. The molecule has 0 unspecified atom stereocenters. The first-order valence-electron chi connectivity index (χ1n) is 6.80. The molecule has 2 aromatic heterocycles. The maximum absolute atomic E-state index is 4.72. The number of pyridine rings is 1. The summed E-state index contributed by atoms with van der Waals surface area (Å²) in [5.74, 6) is 0.765. The summed E-state index contributed by atoms with van der Waals surface area (Å²) >= 11 is 0. The smallest absolute Gasteiger partial charge is 0.178 e. The standard InChI is InChI=1S/C15H18N4/c1-3-12-11-9-16-6-5-13(11)19-15(18-12)14-8-10(2)4-7-17-14/h4,7-8,16H,3,5-6,9H2,1-2H3. The molecule has 19 heavy (non-hydrogen) atoms. The van der Waals surface area contributed by atoms with Crippen LogP contribution < -0.4 is 5.32 Å². The van der Waals surface area contributed by atoms with Gasteiger partial charge < -0.3 is 5.32 Å². The highest BCUT2D eigenvalue weighted by molar-refractivity contribution is 5.51. The van der Waals surface area contributed by atoms with Crippen molar-refractivity contribution in [2.45, 2.75) is 33.2 Å². The van der Waals surface area contributed by atoms with Crippen LogP contribution in [0.5, 0.6) is 0 Å². The Labute approximate surface area is 113 Å². The number of aromatic nitrogens is 3. The van der Waals surface area contributed by atoms with E-state index in [1.807, 2.05) is 18.3 Å². The van der Waals surface area contributed by atoms with Crippen LogP contribution in [0.25, 0.3) is 11.5 Å². The molecule has 0 aliphatic carbocycles. The van der Waals surface area contributed by atoms with Crippen LogP contribution in [0.2, 0.25) is 0 Å². The van der Waals surface area contributed by atoms with Crippen molar-refractivity contribution in [3.63, 3.8) is 0 Å². The lowest BCUT2D eigenvalue weighted by molar-refractivity contribution is 0.618. The molecular weight excluding hydrogens is 236 g/mol. The average Bonchev–Trinajstić information content (AvgIpc) is 2.46. The second-order valence-corrected chi connectivity index (χ2v) is 4.92. The highest BCUT2D eigenvalue weighted by atomic mass is 15.0. The maximum atomic E-state index is 4.72. The number of nitrogens with one attached hydrogen (secondary N) is 1. The zero-order valence-corrected chi connectivity index (χ0v) is 11.4. The largest absolute Gasteiger partial charge is 0.312 e. The van der Waals surface area contributed by atoms with Crippen LogP contribution in [0, 0.1) is 6.92 Å². The molecule has 1 N–H and O–H groups in total. The third-order valence-corrected chi connectivity index (χ3v) is 3.50. The van der Waals surface area contributed by atoms with Crippen molar-refractivity contribution < 1.29 is 0 Å². The second-order valence-electron chi connectivity index (χ2n) is 4.92. The lowest BCUT2D eigenvalue weighted by Crippen LogP contribution is -2.26. The van der Waals surface area contributed by atoms with E-state index >= 15 is 0 Å². The van der Waals surface area contributed by atoms with Gasteiger partial charge in [-0.25, -0.2) is 9.97 Å². The lowest BCUT2D eigenvalue weighted by atomic mass is 10.0. The van der Waals surface area contributed by atoms with Crippen molar-refractivity contribution in [2.24, 2.45) is 0 Å². The molecule has 0 atom stereocenters. The summed E-state index contributed by atoms with van der Waals surface area (Å²) in [4.78, 5) is 13.8. The van der Waals surface area contributed by atoms with Crippen molar-refractivity contribution >= 4 is 0 Å². The maximum Gasteiger partial charge on any atom is 0.178 e. The molecule has 0 amide bonds. The summed E-state index contributed by atoms with van der Waals surface area (Å²) in [6.45, 7) is 6.09. The molecule has 0 aromatic carbocycles. The predicted octanol–water partition coefficient (Wildman–Crippen LogP) is 2.06. The minimum Gasteiger partial charge on any atom is -0.312 e. The molecule has 2 aromatic rings. The van der Waals surface area contributed by atoms with E-state index in [2.05, 4.69) is 24.1 Å². The Kier molecular flexibility index (Phi) is 3.25. The van der Waals surface area contributed by atoms with Crippen LogP contribution in [0.1, 0.15) is 29.4 Å². The quantitative estimate of drug-likeness (QED) is 0.891. The third-order valence-electron chi connectivity index (χ3n) is 3.50. The summed E-state index contributed by atoms with van der Waals surface area (Å²) < 4.78 is 0. The fourth-order valence-corrected chi connectivity index (χ4v) is 2.48. The fraction of sp³-hybridized carbons (Fsp3) is 0.400. The van der Waals surface area contributed by atoms with Crippen molar-refractivity contribution in [3.8, 4) is 11.5 Å². The normalized spacial score (nSPS) is 14.2. The van der Waals surface area contributed by atoms with Crippen molar-refractivity contribution in [2.75, 3.05) is 6.54 Å². The highest BCUT2D eigenvalue weighted by Crippen LogP contribution is 2.21. The third kappa shape index (κ3) is 2.36. The van der Waals surface area contributed by atoms with Crippen molar-refractivity contribution in [1.82, 2.24) is 20.3 Å². The summed E-state index contributed by atoms with van der Waals surface area (Å²) in [5.41, 5.74) is 5.67. The first kappa shape index (κ1) is 12.2. The summed E-state index contributed by atoms with van der Waals surface area (Å²) in [6, 6.07) is 4.04. The van der Waals surface area contributed by atoms with Crippen LogP contribution in [-0.2, 0) is 19.4 Å². The minimum atomic E-state index is 0.765. The molecule has 3 heterocycles. The summed E-state index contributed by atoms with van der Waals surface area (Å²) in [7, 11) is 0. The number of rotatable bonds is 2. The number of aryl methyl sites for hydroxylation is 2. The molecule has 0 saturated heterocycles. The molecule has 0 radical (unpaired) electrons. The molecule has 3 rings (SSSR count). The SMILES string of the molecule is CCc1nc(-c2cc(C)ccn2)nc2c1CNCC2. The van der Waals surface area contributed by atoms with Gasteiger partial charge in [0.25, 0.3) is 0 Å². The van der Waals surface area contributed by atoms with E-state index in [0.29, 0.717) is 0 Å². The van der Waals surface area contributed by atoms with Gasteiger partial charge in [0.05, 0.1) is 5.69 Å². The molecule has 0 saturated carbocycles. The van der Waals surface area contributed by atoms with Crippen molar-refractivity contribution in [1.29, 1.82) is 0 Å². The molecule has 1 aliphatic rings. The van der Waals surface area contributed by atoms with Gasteiger partial charge in [-0.15, -0.1) is 0 Å². The molecular formula is C15H18N4. The van der Waals surface area contributed by atoms with Gasteiger partial charge in [0.2, 0.25) is 0 Å². The molecule has 0 bridgehead atoms. The number of nitrogens with zero attached hydrogens (tertiary/aromatic N) is 3. The van der Waals surface area contributed by atoms with Crippen LogP contribution in [-0.4, -0.2) is 21.5 Å². The molecule has 1 aliphatic heterocycles. The van der Waals surface area contributed by atoms with Crippen LogP contribution in [0.15, 0.2) is 18.3 Å². The Morgan fingerprint density at radius 3 is 3.00 bits per heavy atom. The van der Waals surface area contributed by atoms with Gasteiger partial charge >= 0.3 is 0 Å². The Morgan fingerprint density at radius 1 is 1.32 bits per heavy atom. The van der Waals surface area contributed by atoms with Gasteiger partial charge in [0.1, 0.15) is 5.69 Å². The molecule has 0 spiro atoms. The van der Waals surface area contributed by atoms with Crippen LogP contribution in [0.3, 0.4) is 0 Å². The summed E-state index contributed by atoms with van der Waals surface area (Å²) in [6.07, 6.45) is 3.73. The first-order valence-corrected chi connectivity index (χ1v) is 6.80. The van der Waals surface area contributed by atoms with Gasteiger partial charge in [0, 0.05) is 37.0 Å².